The predicted octanol–water partition coefficient (Wildman–Crippen LogP) is 7.31. The van der Waals surface area contributed by atoms with Crippen molar-refractivity contribution in [2.45, 2.75) is 33.7 Å². The first kappa shape index (κ1) is 24.3. The fourth-order valence-corrected chi connectivity index (χ4v) is 5.88. The number of aryl methyl sites for hydroxylation is 2. The average molecular weight is 513 g/mol. The maximum atomic E-state index is 13.3. The van der Waals surface area contributed by atoms with Gasteiger partial charge in [0.05, 0.1) is 17.1 Å². The summed E-state index contributed by atoms with van der Waals surface area (Å²) in [6.07, 6.45) is 2.99. The molecule has 0 bridgehead atoms. The van der Waals surface area contributed by atoms with Crippen LogP contribution in [-0.4, -0.2) is 21.4 Å². The quantitative estimate of drug-likeness (QED) is 0.192. The van der Waals surface area contributed by atoms with Gasteiger partial charge < -0.3 is 9.30 Å². The van der Waals surface area contributed by atoms with Crippen molar-refractivity contribution < 1.29 is 9.53 Å². The third-order valence-corrected chi connectivity index (χ3v) is 7.80. The molecule has 4 nitrogen and oxygen atoms in total. The lowest BCUT2D eigenvalue weighted by Gasteiger charge is -2.13. The number of anilines is 1. The summed E-state index contributed by atoms with van der Waals surface area (Å²) in [6, 6.07) is 24.3. The molecule has 0 atom stereocenters. The third-order valence-electron chi connectivity index (χ3n) is 6.50. The molecule has 3 aromatic carbocycles. The normalized spacial score (nSPS) is 14.9. The predicted molar refractivity (Wildman–Crippen MR) is 155 cm³/mol. The van der Waals surface area contributed by atoms with Crippen molar-refractivity contribution in [3.63, 3.8) is 0 Å². The van der Waals surface area contributed by atoms with E-state index in [-0.39, 0.29) is 5.91 Å². The molecule has 1 aromatic heterocycles. The number of para-hydroxylation sites is 1. The largest absolute Gasteiger partial charge is 0.492 e. The number of thiocarbonyl (C=S) groups is 1. The lowest BCUT2D eigenvalue weighted by molar-refractivity contribution is -0.113. The Morgan fingerprint density at radius 1 is 1.00 bits per heavy atom. The molecule has 1 amide bonds. The summed E-state index contributed by atoms with van der Waals surface area (Å²) in [5.41, 5.74) is 6.53. The topological polar surface area (TPSA) is 34.5 Å². The van der Waals surface area contributed by atoms with Gasteiger partial charge in [0.1, 0.15) is 12.4 Å². The van der Waals surface area contributed by atoms with E-state index in [1.54, 1.807) is 4.90 Å². The molecule has 0 N–H and O–H groups in total. The summed E-state index contributed by atoms with van der Waals surface area (Å²) in [7, 11) is 0. The van der Waals surface area contributed by atoms with Crippen LogP contribution >= 0.6 is 24.0 Å². The van der Waals surface area contributed by atoms with Crippen LogP contribution in [0.3, 0.4) is 0 Å². The Balaban J connectivity index is 1.46. The van der Waals surface area contributed by atoms with Crippen LogP contribution in [0, 0.1) is 13.8 Å². The first-order valence-electron chi connectivity index (χ1n) is 12.1. The van der Waals surface area contributed by atoms with Gasteiger partial charge in [0.15, 0.2) is 4.32 Å². The zero-order valence-electron chi connectivity index (χ0n) is 20.7. The van der Waals surface area contributed by atoms with Crippen molar-refractivity contribution in [1.82, 2.24) is 4.57 Å². The Kier molecular flexibility index (Phi) is 6.99. The van der Waals surface area contributed by atoms with E-state index in [0.717, 1.165) is 40.0 Å². The van der Waals surface area contributed by atoms with Crippen LogP contribution in [0.4, 0.5) is 5.69 Å². The number of benzene rings is 3. The van der Waals surface area contributed by atoms with E-state index in [4.69, 9.17) is 17.0 Å². The minimum absolute atomic E-state index is 0.0803. The van der Waals surface area contributed by atoms with Crippen molar-refractivity contribution in [2.24, 2.45) is 0 Å². The maximum Gasteiger partial charge on any atom is 0.270 e. The van der Waals surface area contributed by atoms with Crippen molar-refractivity contribution in [3.8, 4) is 5.75 Å². The molecular formula is C30H28N2O2S2. The zero-order chi connectivity index (χ0) is 25.2. The Morgan fingerprint density at radius 3 is 2.58 bits per heavy atom. The lowest BCUT2D eigenvalue weighted by atomic mass is 10.1. The third kappa shape index (κ3) is 4.71. The lowest BCUT2D eigenvalue weighted by Crippen LogP contribution is -2.27. The van der Waals surface area contributed by atoms with Crippen molar-refractivity contribution in [3.05, 3.63) is 100 Å². The summed E-state index contributed by atoms with van der Waals surface area (Å²) in [5.74, 6) is 0.812. The number of fused-ring (bicyclic) bond motifs is 1. The second kappa shape index (κ2) is 10.3. The molecule has 1 aliphatic heterocycles. The number of aromatic nitrogens is 1. The standard InChI is InChI=1S/C30H28N2O2S2/c1-4-22-9-8-12-24(18-22)34-16-15-31-21(3)25(26-17-20(2)13-14-27(26)31)19-28-29(33)32(30(35)36-28)23-10-6-5-7-11-23/h5-14,17-19H,4,15-16H2,1-3H3/b28-19-. The fraction of sp³-hybridized carbons (Fsp3) is 0.200. The summed E-state index contributed by atoms with van der Waals surface area (Å²) in [6.45, 7) is 7.61. The number of carbonyl (C=O) groups excluding carboxylic acids is 1. The average Bonchev–Trinajstić information content (AvgIpc) is 3.31. The molecular weight excluding hydrogens is 484 g/mol. The van der Waals surface area contributed by atoms with Crippen LogP contribution in [0.5, 0.6) is 5.75 Å². The molecule has 6 heteroatoms. The van der Waals surface area contributed by atoms with Gasteiger partial charge in [-0.25, -0.2) is 0 Å². The maximum absolute atomic E-state index is 13.3. The van der Waals surface area contributed by atoms with E-state index >= 15 is 0 Å². The minimum Gasteiger partial charge on any atom is -0.492 e. The van der Waals surface area contributed by atoms with E-state index in [2.05, 4.69) is 55.7 Å². The molecule has 0 unspecified atom stereocenters. The smallest absolute Gasteiger partial charge is 0.270 e. The van der Waals surface area contributed by atoms with Crippen molar-refractivity contribution >= 4 is 56.9 Å². The Bertz CT molecular complexity index is 1490. The fourth-order valence-electron chi connectivity index (χ4n) is 4.60. The van der Waals surface area contributed by atoms with Gasteiger partial charge in [-0.15, -0.1) is 0 Å². The molecule has 0 radical (unpaired) electrons. The Labute approximate surface area is 221 Å². The molecule has 4 aromatic rings. The van der Waals surface area contributed by atoms with E-state index in [1.165, 1.54) is 22.9 Å². The van der Waals surface area contributed by atoms with Gasteiger partial charge in [0, 0.05) is 22.2 Å². The van der Waals surface area contributed by atoms with Gasteiger partial charge in [-0.05, 0) is 68.3 Å². The molecule has 36 heavy (non-hydrogen) atoms. The zero-order valence-corrected chi connectivity index (χ0v) is 22.3. The highest BCUT2D eigenvalue weighted by atomic mass is 32.2. The summed E-state index contributed by atoms with van der Waals surface area (Å²) in [4.78, 5) is 15.6. The van der Waals surface area contributed by atoms with Crippen molar-refractivity contribution in [2.75, 3.05) is 11.5 Å². The van der Waals surface area contributed by atoms with Crippen LogP contribution in [0.25, 0.3) is 17.0 Å². The highest BCUT2D eigenvalue weighted by molar-refractivity contribution is 8.27. The Morgan fingerprint density at radius 2 is 1.81 bits per heavy atom. The molecule has 1 saturated heterocycles. The van der Waals surface area contributed by atoms with Gasteiger partial charge in [0.25, 0.3) is 5.91 Å². The molecule has 1 aliphatic rings. The first-order valence-corrected chi connectivity index (χ1v) is 13.3. The van der Waals surface area contributed by atoms with Crippen LogP contribution in [0.1, 0.15) is 29.3 Å². The number of rotatable bonds is 7. The number of carbonyl (C=O) groups is 1. The van der Waals surface area contributed by atoms with Crippen molar-refractivity contribution in [1.29, 1.82) is 0 Å². The monoisotopic (exact) mass is 512 g/mol. The number of hydrogen-bond donors (Lipinski definition) is 0. The van der Waals surface area contributed by atoms with Gasteiger partial charge >= 0.3 is 0 Å². The van der Waals surface area contributed by atoms with Gasteiger partial charge in [0.2, 0.25) is 0 Å². The highest BCUT2D eigenvalue weighted by Gasteiger charge is 2.33. The van der Waals surface area contributed by atoms with Gasteiger partial charge in [-0.3, -0.25) is 9.69 Å². The van der Waals surface area contributed by atoms with E-state index in [9.17, 15) is 4.79 Å². The number of hydrogen-bond acceptors (Lipinski definition) is 4. The van der Waals surface area contributed by atoms with Crippen LogP contribution in [0.2, 0.25) is 0 Å². The molecule has 0 saturated carbocycles. The van der Waals surface area contributed by atoms with E-state index < -0.39 is 0 Å². The minimum atomic E-state index is -0.0803. The van der Waals surface area contributed by atoms with E-state index in [1.807, 2.05) is 48.5 Å². The molecule has 182 valence electrons. The SMILES string of the molecule is CCc1cccc(OCCn2c(C)c(/C=C3\SC(=S)N(c4ccccc4)C3=O)c3cc(C)ccc32)c1. The number of amides is 1. The Hall–Kier alpha value is -3.35. The van der Waals surface area contributed by atoms with Crippen LogP contribution in [-0.2, 0) is 17.8 Å². The first-order chi connectivity index (χ1) is 17.5. The molecule has 1 fully saturated rings. The molecule has 5 rings (SSSR count). The van der Waals surface area contributed by atoms with Crippen LogP contribution in [0.15, 0.2) is 77.7 Å². The number of nitrogens with zero attached hydrogens (tertiary/aromatic N) is 2. The number of thioether (sulfide) groups is 1. The molecule has 0 aliphatic carbocycles. The van der Waals surface area contributed by atoms with Gasteiger partial charge in [-0.2, -0.15) is 0 Å². The van der Waals surface area contributed by atoms with Gasteiger partial charge in [-0.1, -0.05) is 72.9 Å². The summed E-state index contributed by atoms with van der Waals surface area (Å²) < 4.78 is 8.93. The number of ether oxygens (including phenoxy) is 1. The summed E-state index contributed by atoms with van der Waals surface area (Å²) in [5, 5.41) is 1.13. The molecule has 2 heterocycles. The summed E-state index contributed by atoms with van der Waals surface area (Å²) >= 11 is 6.93. The van der Waals surface area contributed by atoms with E-state index in [0.29, 0.717) is 22.4 Å². The molecule has 0 spiro atoms. The van der Waals surface area contributed by atoms with Crippen LogP contribution < -0.4 is 9.64 Å². The second-order valence-electron chi connectivity index (χ2n) is 8.87. The highest BCUT2D eigenvalue weighted by Crippen LogP contribution is 2.38. The second-order valence-corrected chi connectivity index (χ2v) is 10.5.